The molecular formula is C24H28N2O3. The number of nitrogens with one attached hydrogen (secondary N) is 1. The molecule has 1 aliphatic carbocycles. The Morgan fingerprint density at radius 1 is 1.07 bits per heavy atom. The van der Waals surface area contributed by atoms with Crippen molar-refractivity contribution in [2.45, 2.75) is 38.6 Å². The van der Waals surface area contributed by atoms with Gasteiger partial charge in [0.1, 0.15) is 5.75 Å². The number of carbonyl (C=O) groups is 2. The van der Waals surface area contributed by atoms with E-state index in [1.54, 1.807) is 6.07 Å². The Hall–Kier alpha value is -2.82. The molecule has 1 heterocycles. The monoisotopic (exact) mass is 392 g/mol. The van der Waals surface area contributed by atoms with Crippen LogP contribution in [0.15, 0.2) is 48.5 Å². The van der Waals surface area contributed by atoms with E-state index in [4.69, 9.17) is 4.74 Å². The number of hydrogen-bond donors (Lipinski definition) is 1. The third kappa shape index (κ3) is 5.17. The summed E-state index contributed by atoms with van der Waals surface area (Å²) < 4.78 is 5.99. The fraction of sp³-hybridized carbons (Fsp3) is 0.417. The first kappa shape index (κ1) is 19.5. The van der Waals surface area contributed by atoms with Gasteiger partial charge in [-0.1, -0.05) is 23.8 Å². The molecule has 5 heteroatoms. The third-order valence-corrected chi connectivity index (χ3v) is 5.60. The molecule has 2 aromatic rings. The molecule has 1 aliphatic heterocycles. The fourth-order valence-corrected chi connectivity index (χ4v) is 3.70. The first-order valence-corrected chi connectivity index (χ1v) is 10.5. The highest BCUT2D eigenvalue weighted by molar-refractivity contribution is 5.95. The zero-order valence-corrected chi connectivity index (χ0v) is 16.9. The number of hydrogen-bond acceptors (Lipinski definition) is 3. The normalized spacial score (nSPS) is 18.9. The van der Waals surface area contributed by atoms with Gasteiger partial charge >= 0.3 is 0 Å². The Morgan fingerprint density at radius 2 is 1.86 bits per heavy atom. The summed E-state index contributed by atoms with van der Waals surface area (Å²) in [6.07, 6.45) is 4.16. The average Bonchev–Trinajstić information content (AvgIpc) is 3.57. The number of ether oxygens (including phenoxy) is 1. The van der Waals surface area contributed by atoms with Gasteiger partial charge in [0, 0.05) is 36.2 Å². The number of piperidine rings is 1. The van der Waals surface area contributed by atoms with Crippen molar-refractivity contribution >= 4 is 11.8 Å². The SMILES string of the molecule is Cc1ccc(C(=O)N2CCC[C@@H](COc3cccc(C(=O)NC4CC4)c3)C2)cc1. The summed E-state index contributed by atoms with van der Waals surface area (Å²) in [6.45, 7) is 4.06. The maximum Gasteiger partial charge on any atom is 0.253 e. The quantitative estimate of drug-likeness (QED) is 0.813. The minimum atomic E-state index is -0.0366. The van der Waals surface area contributed by atoms with Crippen molar-refractivity contribution in [1.82, 2.24) is 10.2 Å². The predicted molar refractivity (Wildman–Crippen MR) is 112 cm³/mol. The first-order valence-electron chi connectivity index (χ1n) is 10.5. The summed E-state index contributed by atoms with van der Waals surface area (Å²) in [6, 6.07) is 15.4. The van der Waals surface area contributed by atoms with Crippen LogP contribution in [0.4, 0.5) is 0 Å². The summed E-state index contributed by atoms with van der Waals surface area (Å²) >= 11 is 0. The van der Waals surface area contributed by atoms with Gasteiger partial charge in [-0.05, 0) is 62.9 Å². The van der Waals surface area contributed by atoms with E-state index in [-0.39, 0.29) is 11.8 Å². The zero-order chi connectivity index (χ0) is 20.2. The van der Waals surface area contributed by atoms with Crippen LogP contribution in [-0.4, -0.2) is 42.5 Å². The molecule has 0 aromatic heterocycles. The molecule has 2 aliphatic rings. The lowest BCUT2D eigenvalue weighted by atomic mass is 9.98. The molecular weight excluding hydrogens is 364 g/mol. The number of rotatable bonds is 6. The molecule has 5 nitrogen and oxygen atoms in total. The van der Waals surface area contributed by atoms with Gasteiger partial charge in [-0.25, -0.2) is 0 Å². The van der Waals surface area contributed by atoms with Crippen molar-refractivity contribution in [3.8, 4) is 5.75 Å². The second-order valence-electron chi connectivity index (χ2n) is 8.21. The third-order valence-electron chi connectivity index (χ3n) is 5.60. The van der Waals surface area contributed by atoms with E-state index in [0.29, 0.717) is 36.4 Å². The Kier molecular flexibility index (Phi) is 5.84. The van der Waals surface area contributed by atoms with Crippen LogP contribution in [0.25, 0.3) is 0 Å². The van der Waals surface area contributed by atoms with Crippen molar-refractivity contribution in [3.05, 3.63) is 65.2 Å². The van der Waals surface area contributed by atoms with Gasteiger partial charge in [-0.15, -0.1) is 0 Å². The molecule has 2 aromatic carbocycles. The van der Waals surface area contributed by atoms with Gasteiger partial charge in [0.05, 0.1) is 6.61 Å². The number of benzene rings is 2. The molecule has 0 radical (unpaired) electrons. The van der Waals surface area contributed by atoms with Gasteiger partial charge in [0.2, 0.25) is 0 Å². The van der Waals surface area contributed by atoms with E-state index in [1.165, 1.54) is 0 Å². The van der Waals surface area contributed by atoms with Gasteiger partial charge in [0.25, 0.3) is 11.8 Å². The van der Waals surface area contributed by atoms with Crippen LogP contribution in [0.2, 0.25) is 0 Å². The standard InChI is InChI=1S/C24H28N2O3/c1-17-7-9-19(10-8-17)24(28)26-13-3-4-18(15-26)16-29-22-6-2-5-20(14-22)23(27)25-21-11-12-21/h2,5-10,14,18,21H,3-4,11-13,15-16H2,1H3,(H,25,27)/t18-/m1/s1. The molecule has 4 rings (SSSR count). The summed E-state index contributed by atoms with van der Waals surface area (Å²) in [5.41, 5.74) is 2.53. The molecule has 0 spiro atoms. The minimum Gasteiger partial charge on any atom is -0.493 e. The smallest absolute Gasteiger partial charge is 0.253 e. The van der Waals surface area contributed by atoms with Crippen LogP contribution < -0.4 is 10.1 Å². The Balaban J connectivity index is 1.32. The summed E-state index contributed by atoms with van der Waals surface area (Å²) in [5.74, 6) is 1.05. The highest BCUT2D eigenvalue weighted by atomic mass is 16.5. The maximum atomic E-state index is 12.8. The van der Waals surface area contributed by atoms with Crippen molar-refractivity contribution < 1.29 is 14.3 Å². The van der Waals surface area contributed by atoms with E-state index < -0.39 is 0 Å². The molecule has 152 valence electrons. The predicted octanol–water partition coefficient (Wildman–Crippen LogP) is 3.82. The van der Waals surface area contributed by atoms with Crippen molar-refractivity contribution in [3.63, 3.8) is 0 Å². The number of nitrogens with zero attached hydrogens (tertiary/aromatic N) is 1. The lowest BCUT2D eigenvalue weighted by Crippen LogP contribution is -2.41. The molecule has 2 fully saturated rings. The Morgan fingerprint density at radius 3 is 2.62 bits per heavy atom. The van der Waals surface area contributed by atoms with Crippen molar-refractivity contribution in [2.75, 3.05) is 19.7 Å². The maximum absolute atomic E-state index is 12.8. The molecule has 2 amide bonds. The summed E-state index contributed by atoms with van der Waals surface area (Å²) in [7, 11) is 0. The second kappa shape index (κ2) is 8.68. The highest BCUT2D eigenvalue weighted by Crippen LogP contribution is 2.23. The van der Waals surface area contributed by atoms with Gasteiger partial charge in [-0.2, -0.15) is 0 Å². The van der Waals surface area contributed by atoms with Crippen LogP contribution in [0.1, 0.15) is 52.0 Å². The Labute approximate surface area is 172 Å². The molecule has 0 bridgehead atoms. The molecule has 1 saturated heterocycles. The zero-order valence-electron chi connectivity index (χ0n) is 16.9. The van der Waals surface area contributed by atoms with Crippen LogP contribution in [-0.2, 0) is 0 Å². The van der Waals surface area contributed by atoms with Gasteiger partial charge < -0.3 is 15.0 Å². The van der Waals surface area contributed by atoms with E-state index in [9.17, 15) is 9.59 Å². The minimum absolute atomic E-state index is 0.0366. The summed E-state index contributed by atoms with van der Waals surface area (Å²) in [4.78, 5) is 26.9. The first-order chi connectivity index (χ1) is 14.1. The number of aryl methyl sites for hydroxylation is 1. The van der Waals surface area contributed by atoms with E-state index in [0.717, 1.165) is 43.4 Å². The van der Waals surface area contributed by atoms with Gasteiger partial charge in [0.15, 0.2) is 0 Å². The number of carbonyl (C=O) groups excluding carboxylic acids is 2. The van der Waals surface area contributed by atoms with Crippen LogP contribution in [0, 0.1) is 12.8 Å². The van der Waals surface area contributed by atoms with Crippen LogP contribution in [0.5, 0.6) is 5.75 Å². The number of amides is 2. The molecule has 0 unspecified atom stereocenters. The van der Waals surface area contributed by atoms with Gasteiger partial charge in [-0.3, -0.25) is 9.59 Å². The highest BCUT2D eigenvalue weighted by Gasteiger charge is 2.26. The largest absolute Gasteiger partial charge is 0.493 e. The van der Waals surface area contributed by atoms with Crippen LogP contribution >= 0.6 is 0 Å². The van der Waals surface area contributed by atoms with Crippen LogP contribution in [0.3, 0.4) is 0 Å². The second-order valence-corrected chi connectivity index (χ2v) is 8.21. The molecule has 1 atom stereocenters. The fourth-order valence-electron chi connectivity index (χ4n) is 3.70. The Bertz CT molecular complexity index is 874. The van der Waals surface area contributed by atoms with E-state index in [1.807, 2.05) is 54.3 Å². The molecule has 1 N–H and O–H groups in total. The van der Waals surface area contributed by atoms with E-state index >= 15 is 0 Å². The van der Waals surface area contributed by atoms with Crippen molar-refractivity contribution in [1.29, 1.82) is 0 Å². The topological polar surface area (TPSA) is 58.6 Å². The molecule has 29 heavy (non-hydrogen) atoms. The van der Waals surface area contributed by atoms with Crippen molar-refractivity contribution in [2.24, 2.45) is 5.92 Å². The molecule has 1 saturated carbocycles. The number of likely N-dealkylation sites (tertiary alicyclic amines) is 1. The lowest BCUT2D eigenvalue weighted by molar-refractivity contribution is 0.0633. The lowest BCUT2D eigenvalue weighted by Gasteiger charge is -2.32. The van der Waals surface area contributed by atoms with E-state index in [2.05, 4.69) is 5.32 Å². The average molecular weight is 392 g/mol. The summed E-state index contributed by atoms with van der Waals surface area (Å²) in [5, 5.41) is 3.00.